The molecule has 1 aliphatic heterocycles. The standard InChI is InChI=1S/C16H24ClN3OS/c1-2-18-16(19-10-14-4-3-9-22-14)20-11-15(21)12-5-7-13(17)8-6-12/h5-8,14-15,21H,2-4,9-11H2,1H3,(H2,18,19,20). The summed E-state index contributed by atoms with van der Waals surface area (Å²) < 4.78 is 0. The van der Waals surface area contributed by atoms with Gasteiger partial charge in [0.1, 0.15) is 0 Å². The van der Waals surface area contributed by atoms with Crippen molar-refractivity contribution in [3.8, 4) is 0 Å². The Kier molecular flexibility index (Phi) is 7.36. The van der Waals surface area contributed by atoms with Crippen LogP contribution in [0.4, 0.5) is 0 Å². The van der Waals surface area contributed by atoms with Crippen LogP contribution in [-0.2, 0) is 0 Å². The number of halogens is 1. The summed E-state index contributed by atoms with van der Waals surface area (Å²) in [6.45, 7) is 4.10. The molecule has 6 heteroatoms. The Hall–Kier alpha value is -0.910. The molecule has 1 heterocycles. The fraction of sp³-hybridized carbons (Fsp3) is 0.562. The van der Waals surface area contributed by atoms with E-state index >= 15 is 0 Å². The molecule has 0 aliphatic carbocycles. The summed E-state index contributed by atoms with van der Waals surface area (Å²) in [6, 6.07) is 7.23. The fourth-order valence-electron chi connectivity index (χ4n) is 2.33. The van der Waals surface area contributed by atoms with Crippen LogP contribution in [0.5, 0.6) is 0 Å². The molecular weight excluding hydrogens is 318 g/mol. The number of hydrogen-bond donors (Lipinski definition) is 3. The molecule has 1 fully saturated rings. The quantitative estimate of drug-likeness (QED) is 0.550. The highest BCUT2D eigenvalue weighted by Gasteiger charge is 2.15. The highest BCUT2D eigenvalue weighted by atomic mass is 35.5. The third kappa shape index (κ3) is 5.71. The van der Waals surface area contributed by atoms with E-state index in [0.29, 0.717) is 16.8 Å². The van der Waals surface area contributed by atoms with Gasteiger partial charge < -0.3 is 15.7 Å². The van der Waals surface area contributed by atoms with Gasteiger partial charge in [-0.1, -0.05) is 23.7 Å². The molecule has 2 atom stereocenters. The van der Waals surface area contributed by atoms with Gasteiger partial charge in [0.25, 0.3) is 0 Å². The number of nitrogens with zero attached hydrogens (tertiary/aromatic N) is 1. The van der Waals surface area contributed by atoms with Crippen LogP contribution in [0.2, 0.25) is 5.02 Å². The summed E-state index contributed by atoms with van der Waals surface area (Å²) in [6.07, 6.45) is 1.96. The molecule has 0 radical (unpaired) electrons. The van der Waals surface area contributed by atoms with E-state index in [1.165, 1.54) is 18.6 Å². The van der Waals surface area contributed by atoms with Gasteiger partial charge in [0.05, 0.1) is 12.6 Å². The Balaban J connectivity index is 1.86. The van der Waals surface area contributed by atoms with Crippen molar-refractivity contribution in [2.24, 2.45) is 4.99 Å². The number of benzene rings is 1. The molecule has 1 saturated heterocycles. The molecule has 1 aromatic carbocycles. The molecule has 1 aliphatic rings. The zero-order valence-electron chi connectivity index (χ0n) is 12.9. The number of thioether (sulfide) groups is 1. The van der Waals surface area contributed by atoms with Crippen molar-refractivity contribution < 1.29 is 5.11 Å². The number of nitrogens with one attached hydrogen (secondary N) is 2. The lowest BCUT2D eigenvalue weighted by Crippen LogP contribution is -2.40. The summed E-state index contributed by atoms with van der Waals surface area (Å²) >= 11 is 7.88. The molecule has 2 unspecified atom stereocenters. The molecular formula is C16H24ClN3OS. The maximum absolute atomic E-state index is 10.2. The third-order valence-electron chi connectivity index (χ3n) is 3.54. The van der Waals surface area contributed by atoms with E-state index < -0.39 is 6.10 Å². The lowest BCUT2D eigenvalue weighted by Gasteiger charge is -2.15. The topological polar surface area (TPSA) is 56.7 Å². The molecule has 2 rings (SSSR count). The van der Waals surface area contributed by atoms with Crippen LogP contribution >= 0.6 is 23.4 Å². The maximum atomic E-state index is 10.2. The highest BCUT2D eigenvalue weighted by molar-refractivity contribution is 8.00. The molecule has 122 valence electrons. The van der Waals surface area contributed by atoms with Crippen molar-refractivity contribution in [1.29, 1.82) is 0 Å². The van der Waals surface area contributed by atoms with Crippen LogP contribution in [0, 0.1) is 0 Å². The van der Waals surface area contributed by atoms with Gasteiger partial charge in [-0.15, -0.1) is 0 Å². The number of guanidine groups is 1. The van der Waals surface area contributed by atoms with Crippen molar-refractivity contribution in [3.05, 3.63) is 34.9 Å². The molecule has 0 spiro atoms. The molecule has 0 aromatic heterocycles. The average molecular weight is 342 g/mol. The largest absolute Gasteiger partial charge is 0.386 e. The summed E-state index contributed by atoms with van der Waals surface area (Å²) in [7, 11) is 0. The Bertz CT molecular complexity index is 475. The lowest BCUT2D eigenvalue weighted by atomic mass is 10.1. The van der Waals surface area contributed by atoms with Crippen molar-refractivity contribution in [3.63, 3.8) is 0 Å². The molecule has 0 amide bonds. The zero-order chi connectivity index (χ0) is 15.8. The van der Waals surface area contributed by atoms with Gasteiger partial charge in [0.15, 0.2) is 5.96 Å². The maximum Gasteiger partial charge on any atom is 0.191 e. The number of rotatable bonds is 6. The fourth-order valence-corrected chi connectivity index (χ4v) is 3.65. The Labute approximate surface area is 141 Å². The highest BCUT2D eigenvalue weighted by Crippen LogP contribution is 2.25. The number of aliphatic hydroxyl groups excluding tert-OH is 1. The van der Waals surface area contributed by atoms with Gasteiger partial charge in [-0.2, -0.15) is 11.8 Å². The summed E-state index contributed by atoms with van der Waals surface area (Å²) in [5, 5.41) is 18.1. The zero-order valence-corrected chi connectivity index (χ0v) is 14.5. The van der Waals surface area contributed by atoms with E-state index in [-0.39, 0.29) is 0 Å². The van der Waals surface area contributed by atoms with Gasteiger partial charge in [0.2, 0.25) is 0 Å². The van der Waals surface area contributed by atoms with Gasteiger partial charge >= 0.3 is 0 Å². The van der Waals surface area contributed by atoms with Crippen molar-refractivity contribution in [1.82, 2.24) is 10.6 Å². The smallest absolute Gasteiger partial charge is 0.191 e. The molecule has 1 aromatic rings. The van der Waals surface area contributed by atoms with Gasteiger partial charge in [-0.05, 0) is 43.2 Å². The van der Waals surface area contributed by atoms with Crippen LogP contribution in [-0.4, -0.2) is 41.7 Å². The van der Waals surface area contributed by atoms with E-state index in [1.54, 1.807) is 12.1 Å². The normalized spacial score (nSPS) is 20.0. The van der Waals surface area contributed by atoms with Crippen LogP contribution in [0.15, 0.2) is 29.3 Å². The minimum atomic E-state index is -0.617. The first-order valence-electron chi connectivity index (χ1n) is 7.76. The number of aliphatic hydroxyl groups is 1. The van der Waals surface area contributed by atoms with Crippen molar-refractivity contribution in [2.75, 3.05) is 25.4 Å². The molecule has 0 bridgehead atoms. The average Bonchev–Trinajstić information content (AvgIpc) is 3.04. The minimum absolute atomic E-state index is 0.328. The monoisotopic (exact) mass is 341 g/mol. The summed E-state index contributed by atoms with van der Waals surface area (Å²) in [5.41, 5.74) is 0.829. The first kappa shape index (κ1) is 17.4. The second-order valence-corrected chi connectivity index (χ2v) is 7.15. The van der Waals surface area contributed by atoms with Gasteiger partial charge in [-0.25, -0.2) is 0 Å². The second kappa shape index (κ2) is 9.28. The van der Waals surface area contributed by atoms with Crippen molar-refractivity contribution >= 4 is 29.3 Å². The molecule has 22 heavy (non-hydrogen) atoms. The number of hydrogen-bond acceptors (Lipinski definition) is 3. The second-order valence-electron chi connectivity index (χ2n) is 5.30. The van der Waals surface area contributed by atoms with Crippen LogP contribution in [0.1, 0.15) is 31.4 Å². The first-order chi connectivity index (χ1) is 10.7. The van der Waals surface area contributed by atoms with Crippen molar-refractivity contribution in [2.45, 2.75) is 31.1 Å². The molecule has 0 saturated carbocycles. The number of aliphatic imine (C=N–C) groups is 1. The first-order valence-corrected chi connectivity index (χ1v) is 9.19. The summed E-state index contributed by atoms with van der Waals surface area (Å²) in [4.78, 5) is 4.48. The van der Waals surface area contributed by atoms with Crippen LogP contribution in [0.25, 0.3) is 0 Å². The van der Waals surface area contributed by atoms with E-state index in [9.17, 15) is 5.11 Å². The Morgan fingerprint density at radius 2 is 2.18 bits per heavy atom. The summed E-state index contributed by atoms with van der Waals surface area (Å²) in [5.74, 6) is 2.03. The third-order valence-corrected chi connectivity index (χ3v) is 5.19. The lowest BCUT2D eigenvalue weighted by molar-refractivity contribution is 0.187. The predicted octanol–water partition coefficient (Wildman–Crippen LogP) is 2.82. The van der Waals surface area contributed by atoms with E-state index in [4.69, 9.17) is 11.6 Å². The Morgan fingerprint density at radius 1 is 1.41 bits per heavy atom. The van der Waals surface area contributed by atoms with E-state index in [0.717, 1.165) is 24.6 Å². The molecule has 3 N–H and O–H groups in total. The predicted molar refractivity (Wildman–Crippen MR) is 95.9 cm³/mol. The van der Waals surface area contributed by atoms with Gasteiger partial charge in [-0.3, -0.25) is 4.99 Å². The minimum Gasteiger partial charge on any atom is -0.386 e. The van der Waals surface area contributed by atoms with Gasteiger partial charge in [0, 0.05) is 23.4 Å². The van der Waals surface area contributed by atoms with Crippen LogP contribution < -0.4 is 10.6 Å². The van der Waals surface area contributed by atoms with E-state index in [1.807, 2.05) is 30.8 Å². The SMILES string of the molecule is CCNC(=NCC(O)c1ccc(Cl)cc1)NCC1CCCS1. The van der Waals surface area contributed by atoms with Crippen LogP contribution in [0.3, 0.4) is 0 Å². The van der Waals surface area contributed by atoms with E-state index in [2.05, 4.69) is 15.6 Å². The Morgan fingerprint density at radius 3 is 2.82 bits per heavy atom. The molecule has 4 nitrogen and oxygen atoms in total.